The first kappa shape index (κ1) is 10.9. The highest BCUT2D eigenvalue weighted by Crippen LogP contribution is 2.32. The molecule has 1 aromatic heterocycles. The van der Waals surface area contributed by atoms with Gasteiger partial charge in [0.25, 0.3) is 0 Å². The van der Waals surface area contributed by atoms with E-state index in [4.69, 9.17) is 4.74 Å². The van der Waals surface area contributed by atoms with E-state index in [0.29, 0.717) is 18.7 Å². The second kappa shape index (κ2) is 4.22. The summed E-state index contributed by atoms with van der Waals surface area (Å²) >= 11 is 0. The number of fused-ring (bicyclic) bond motifs is 3. The Morgan fingerprint density at radius 3 is 3.06 bits per heavy atom. The van der Waals surface area contributed by atoms with Gasteiger partial charge in [0.2, 0.25) is 0 Å². The van der Waals surface area contributed by atoms with Gasteiger partial charge in [0.15, 0.2) is 0 Å². The van der Waals surface area contributed by atoms with Gasteiger partial charge in [-0.25, -0.2) is 4.79 Å². The summed E-state index contributed by atoms with van der Waals surface area (Å²) in [7, 11) is 0. The van der Waals surface area contributed by atoms with Gasteiger partial charge in [0, 0.05) is 17.4 Å². The molecule has 1 aliphatic heterocycles. The Labute approximate surface area is 105 Å². The molecule has 3 rings (SSSR count). The van der Waals surface area contributed by atoms with Crippen molar-refractivity contribution in [1.82, 2.24) is 4.98 Å². The summed E-state index contributed by atoms with van der Waals surface area (Å²) in [6.07, 6.45) is 1.86. The first-order valence-electron chi connectivity index (χ1n) is 6.02. The van der Waals surface area contributed by atoms with Gasteiger partial charge in [0.1, 0.15) is 0 Å². The van der Waals surface area contributed by atoms with Crippen molar-refractivity contribution in [3.8, 4) is 0 Å². The van der Waals surface area contributed by atoms with E-state index >= 15 is 0 Å². The lowest BCUT2D eigenvalue weighted by Crippen LogP contribution is -2.18. The number of nitrogens with one attached hydrogen (secondary N) is 2. The van der Waals surface area contributed by atoms with Crippen LogP contribution in [0.5, 0.6) is 0 Å². The maximum atomic E-state index is 11.7. The molecule has 18 heavy (non-hydrogen) atoms. The number of rotatable bonds is 2. The maximum absolute atomic E-state index is 11.7. The second-order valence-electron chi connectivity index (χ2n) is 4.20. The Morgan fingerprint density at radius 1 is 1.39 bits per heavy atom. The number of benzene rings is 1. The molecule has 1 aromatic carbocycles. The summed E-state index contributed by atoms with van der Waals surface area (Å²) in [5, 5.41) is 4.42. The monoisotopic (exact) mass is 242 g/mol. The molecule has 0 atom stereocenters. The van der Waals surface area contributed by atoms with Crippen molar-refractivity contribution in [2.24, 2.45) is 0 Å². The van der Waals surface area contributed by atoms with E-state index in [0.717, 1.165) is 22.3 Å². The molecule has 0 fully saturated rings. The topological polar surface area (TPSA) is 54.1 Å². The fraction of sp³-hybridized carbons (Fsp3) is 0.214. The Morgan fingerprint density at radius 2 is 2.22 bits per heavy atom. The number of aromatic amines is 1. The summed E-state index contributed by atoms with van der Waals surface area (Å²) < 4.78 is 5.01. The molecule has 2 N–H and O–H groups in total. The van der Waals surface area contributed by atoms with E-state index in [9.17, 15) is 4.79 Å². The maximum Gasteiger partial charge on any atom is 0.335 e. The second-order valence-corrected chi connectivity index (χ2v) is 4.20. The van der Waals surface area contributed by atoms with Crippen molar-refractivity contribution in [2.75, 3.05) is 18.5 Å². The van der Waals surface area contributed by atoms with Crippen molar-refractivity contribution < 1.29 is 9.53 Å². The highest BCUT2D eigenvalue weighted by Gasteiger charge is 2.19. The first-order valence-corrected chi connectivity index (χ1v) is 6.02. The highest BCUT2D eigenvalue weighted by molar-refractivity contribution is 6.03. The standard InChI is InChI=1S/C14H14N2O2/c1-2-18-14(17)9-7-12-13(15-8-9)10-5-3-4-6-11(10)16-12/h3-7,15-16H,2,8H2,1H3. The van der Waals surface area contributed by atoms with E-state index in [2.05, 4.69) is 16.4 Å². The number of anilines is 1. The first-order chi connectivity index (χ1) is 8.79. The van der Waals surface area contributed by atoms with Gasteiger partial charge in [-0.1, -0.05) is 18.2 Å². The molecule has 0 aliphatic carbocycles. The predicted octanol–water partition coefficient (Wildman–Crippen LogP) is 2.54. The van der Waals surface area contributed by atoms with Crippen LogP contribution in [0.2, 0.25) is 0 Å². The summed E-state index contributed by atoms with van der Waals surface area (Å²) in [5.41, 5.74) is 3.71. The van der Waals surface area contributed by atoms with Gasteiger partial charge in [-0.15, -0.1) is 0 Å². The van der Waals surface area contributed by atoms with Crippen molar-refractivity contribution in [3.63, 3.8) is 0 Å². The predicted molar refractivity (Wildman–Crippen MR) is 71.4 cm³/mol. The quantitative estimate of drug-likeness (QED) is 0.796. The largest absolute Gasteiger partial charge is 0.463 e. The molecule has 0 radical (unpaired) electrons. The number of aromatic nitrogens is 1. The number of para-hydroxylation sites is 1. The smallest absolute Gasteiger partial charge is 0.335 e. The van der Waals surface area contributed by atoms with Crippen LogP contribution in [0, 0.1) is 0 Å². The Balaban J connectivity index is 2.04. The minimum Gasteiger partial charge on any atom is -0.463 e. The zero-order valence-corrected chi connectivity index (χ0v) is 10.1. The van der Waals surface area contributed by atoms with Gasteiger partial charge in [-0.3, -0.25) is 0 Å². The molecule has 0 saturated heterocycles. The minimum absolute atomic E-state index is 0.255. The molecule has 0 spiro atoms. The van der Waals surface area contributed by atoms with Crippen LogP contribution in [0.4, 0.5) is 5.69 Å². The summed E-state index contributed by atoms with van der Waals surface area (Å²) in [6.45, 7) is 2.71. The van der Waals surface area contributed by atoms with Crippen LogP contribution in [0.15, 0.2) is 29.8 Å². The molecule has 2 aromatic rings. The molecule has 1 aliphatic rings. The van der Waals surface area contributed by atoms with Crippen molar-refractivity contribution in [3.05, 3.63) is 35.5 Å². The van der Waals surface area contributed by atoms with Crippen LogP contribution >= 0.6 is 0 Å². The number of hydrogen-bond donors (Lipinski definition) is 2. The van der Waals surface area contributed by atoms with E-state index in [-0.39, 0.29) is 5.97 Å². The number of esters is 1. The normalized spacial score (nSPS) is 13.7. The molecule has 4 heteroatoms. The fourth-order valence-corrected chi connectivity index (χ4v) is 2.23. The van der Waals surface area contributed by atoms with Gasteiger partial charge >= 0.3 is 5.97 Å². The molecular weight excluding hydrogens is 228 g/mol. The van der Waals surface area contributed by atoms with Crippen LogP contribution in [0.3, 0.4) is 0 Å². The Kier molecular flexibility index (Phi) is 2.55. The van der Waals surface area contributed by atoms with Crippen molar-refractivity contribution in [2.45, 2.75) is 6.92 Å². The molecule has 2 heterocycles. The minimum atomic E-state index is -0.255. The van der Waals surface area contributed by atoms with Gasteiger partial charge in [0.05, 0.1) is 23.6 Å². The van der Waals surface area contributed by atoms with E-state index in [1.165, 1.54) is 0 Å². The van der Waals surface area contributed by atoms with Crippen LogP contribution in [-0.4, -0.2) is 24.1 Å². The third kappa shape index (κ3) is 1.66. The Hall–Kier alpha value is -2.23. The molecule has 92 valence electrons. The van der Waals surface area contributed by atoms with Crippen LogP contribution in [0.1, 0.15) is 12.6 Å². The number of carbonyl (C=O) groups excluding carboxylic acids is 1. The molecule has 0 unspecified atom stereocenters. The summed E-state index contributed by atoms with van der Waals surface area (Å²) in [6, 6.07) is 8.07. The highest BCUT2D eigenvalue weighted by atomic mass is 16.5. The average Bonchev–Trinajstić information content (AvgIpc) is 2.76. The number of H-pyrrole nitrogens is 1. The number of carbonyl (C=O) groups is 1. The lowest BCUT2D eigenvalue weighted by atomic mass is 10.1. The molecule has 4 nitrogen and oxygen atoms in total. The Bertz CT molecular complexity index is 640. The van der Waals surface area contributed by atoms with E-state index in [1.54, 1.807) is 0 Å². The zero-order valence-electron chi connectivity index (χ0n) is 10.1. The average molecular weight is 242 g/mol. The van der Waals surface area contributed by atoms with E-state index in [1.807, 2.05) is 31.2 Å². The summed E-state index contributed by atoms with van der Waals surface area (Å²) in [5.74, 6) is -0.255. The van der Waals surface area contributed by atoms with Gasteiger partial charge in [-0.05, 0) is 19.1 Å². The number of hydrogen-bond acceptors (Lipinski definition) is 3. The lowest BCUT2D eigenvalue weighted by molar-refractivity contribution is -0.138. The third-order valence-electron chi connectivity index (χ3n) is 3.05. The van der Waals surface area contributed by atoms with Gasteiger partial charge < -0.3 is 15.0 Å². The molecule has 0 saturated carbocycles. The number of ether oxygens (including phenoxy) is 1. The fourth-order valence-electron chi connectivity index (χ4n) is 2.23. The van der Waals surface area contributed by atoms with Crippen molar-refractivity contribution >= 4 is 28.6 Å². The van der Waals surface area contributed by atoms with Crippen LogP contribution < -0.4 is 5.32 Å². The van der Waals surface area contributed by atoms with Crippen LogP contribution in [0.25, 0.3) is 17.0 Å². The van der Waals surface area contributed by atoms with Crippen LogP contribution in [-0.2, 0) is 9.53 Å². The summed E-state index contributed by atoms with van der Waals surface area (Å²) in [4.78, 5) is 15.0. The molecule has 0 bridgehead atoms. The third-order valence-corrected chi connectivity index (χ3v) is 3.05. The SMILES string of the molecule is CCOC(=O)C1=Cc2[nH]c3ccccc3c2NC1. The zero-order chi connectivity index (χ0) is 12.5. The van der Waals surface area contributed by atoms with E-state index < -0.39 is 0 Å². The lowest BCUT2D eigenvalue weighted by Gasteiger charge is -2.14. The molecule has 0 amide bonds. The van der Waals surface area contributed by atoms with Gasteiger partial charge in [-0.2, -0.15) is 0 Å². The van der Waals surface area contributed by atoms with Crippen molar-refractivity contribution in [1.29, 1.82) is 0 Å². The molecular formula is C14H14N2O2.